The Hall–Kier alpha value is -3.41. The first-order valence-electron chi connectivity index (χ1n) is 17.7. The number of ether oxygens (including phenoxy) is 1. The highest BCUT2D eigenvalue weighted by Gasteiger charge is 2.75. The maximum absolute atomic E-state index is 14.9. The number of piperazine rings is 1. The summed E-state index contributed by atoms with van der Waals surface area (Å²) in [5.74, 6) is 1.61. The summed E-state index contributed by atoms with van der Waals surface area (Å²) in [5.41, 5.74) is 6.21. The minimum absolute atomic E-state index is 0.0244. The van der Waals surface area contributed by atoms with E-state index in [2.05, 4.69) is 44.3 Å². The van der Waals surface area contributed by atoms with E-state index >= 15 is 0 Å². The maximum Gasteiger partial charge on any atom is 0.303 e. The van der Waals surface area contributed by atoms with Crippen LogP contribution < -0.4 is 9.46 Å². The van der Waals surface area contributed by atoms with Crippen molar-refractivity contribution in [1.82, 2.24) is 23.4 Å². The molecule has 2 amide bonds. The van der Waals surface area contributed by atoms with E-state index in [1.807, 2.05) is 12.1 Å². The molecule has 0 spiro atoms. The molecule has 2 saturated heterocycles. The predicted molar refractivity (Wildman–Crippen MR) is 183 cm³/mol. The number of rotatable bonds is 6. The summed E-state index contributed by atoms with van der Waals surface area (Å²) in [5, 5.41) is 1.11. The molecule has 11 heteroatoms. The van der Waals surface area contributed by atoms with Gasteiger partial charge in [0, 0.05) is 67.3 Å². The Bertz CT molecular complexity index is 1950. The van der Waals surface area contributed by atoms with Gasteiger partial charge in [0.25, 0.3) is 5.91 Å². The highest BCUT2D eigenvalue weighted by molar-refractivity contribution is 7.87. The van der Waals surface area contributed by atoms with Crippen LogP contribution in [0, 0.1) is 17.8 Å². The number of methoxy groups -OCH3 is 1. The molecule has 1 N–H and O–H groups in total. The van der Waals surface area contributed by atoms with E-state index in [9.17, 15) is 18.0 Å². The second-order valence-electron chi connectivity index (χ2n) is 15.4. The number of likely N-dealkylation sites (N-methyl/N-ethyl adjacent to an activating group) is 1. The quantitative estimate of drug-likeness (QED) is 0.407. The number of amides is 2. The minimum Gasteiger partial charge on any atom is -0.497 e. The largest absolute Gasteiger partial charge is 0.497 e. The van der Waals surface area contributed by atoms with Gasteiger partial charge in [-0.3, -0.25) is 9.59 Å². The van der Waals surface area contributed by atoms with Crippen LogP contribution in [0.2, 0.25) is 0 Å². The van der Waals surface area contributed by atoms with E-state index in [0.29, 0.717) is 23.3 Å². The van der Waals surface area contributed by atoms with Crippen molar-refractivity contribution in [2.45, 2.75) is 74.9 Å². The van der Waals surface area contributed by atoms with Gasteiger partial charge in [-0.25, -0.2) is 4.72 Å². The third-order valence-electron chi connectivity index (χ3n) is 12.7. The van der Waals surface area contributed by atoms with E-state index in [1.165, 1.54) is 55.7 Å². The minimum atomic E-state index is -3.97. The summed E-state index contributed by atoms with van der Waals surface area (Å²) in [6.45, 7) is 1.85. The third kappa shape index (κ3) is 4.32. The van der Waals surface area contributed by atoms with Gasteiger partial charge >= 0.3 is 10.2 Å². The molecule has 2 bridgehead atoms. The van der Waals surface area contributed by atoms with E-state index in [1.54, 1.807) is 13.2 Å². The number of nitrogens with one attached hydrogen (secondary N) is 1. The maximum atomic E-state index is 14.9. The first-order valence-corrected chi connectivity index (χ1v) is 19.1. The van der Waals surface area contributed by atoms with Crippen LogP contribution in [0.15, 0.2) is 36.4 Å². The zero-order valence-electron chi connectivity index (χ0n) is 28.2. The van der Waals surface area contributed by atoms with E-state index < -0.39 is 16.1 Å². The van der Waals surface area contributed by atoms with Gasteiger partial charge in [-0.2, -0.15) is 12.7 Å². The average Bonchev–Trinajstić information content (AvgIpc) is 3.48. The molecule has 10 nitrogen and oxygen atoms in total. The van der Waals surface area contributed by atoms with Crippen molar-refractivity contribution in [1.29, 1.82) is 0 Å². The van der Waals surface area contributed by atoms with Gasteiger partial charge in [0.05, 0.1) is 18.7 Å². The number of carbonyl (C=O) groups is 2. The highest BCUT2D eigenvalue weighted by atomic mass is 32.2. The van der Waals surface area contributed by atoms with Crippen molar-refractivity contribution in [2.24, 2.45) is 17.8 Å². The van der Waals surface area contributed by atoms with Crippen molar-refractivity contribution < 1.29 is 22.7 Å². The number of benzene rings is 2. The van der Waals surface area contributed by atoms with Crippen molar-refractivity contribution >= 4 is 32.9 Å². The molecule has 5 fully saturated rings. The molecule has 3 aliphatic heterocycles. The summed E-state index contributed by atoms with van der Waals surface area (Å²) in [7, 11) is 2.71. The lowest BCUT2D eigenvalue weighted by atomic mass is 9.77. The summed E-state index contributed by atoms with van der Waals surface area (Å²) < 4.78 is 36.7. The molecule has 2 aromatic carbocycles. The molecule has 4 heterocycles. The first-order chi connectivity index (χ1) is 23.1. The Morgan fingerprint density at radius 3 is 2.35 bits per heavy atom. The molecule has 7 unspecified atom stereocenters. The molecule has 0 radical (unpaired) electrons. The zero-order valence-corrected chi connectivity index (χ0v) is 29.0. The topological polar surface area (TPSA) is 104 Å². The summed E-state index contributed by atoms with van der Waals surface area (Å²) in [6, 6.07) is 12.6. The molecule has 7 atom stereocenters. The zero-order chi connectivity index (χ0) is 33.2. The second-order valence-corrected chi connectivity index (χ2v) is 17.3. The number of hydrogen-bond acceptors (Lipinski definition) is 6. The lowest BCUT2D eigenvalue weighted by Crippen LogP contribution is -2.58. The fraction of sp³-hybridized carbons (Fsp3) is 0.568. The second kappa shape index (κ2) is 10.8. The van der Waals surface area contributed by atoms with Crippen LogP contribution in [0.4, 0.5) is 0 Å². The Kier molecular flexibility index (Phi) is 6.89. The van der Waals surface area contributed by atoms with Gasteiger partial charge in [0.15, 0.2) is 0 Å². The van der Waals surface area contributed by atoms with Crippen LogP contribution in [-0.2, 0) is 15.0 Å². The Morgan fingerprint density at radius 1 is 0.938 bits per heavy atom. The fourth-order valence-corrected chi connectivity index (χ4v) is 11.1. The van der Waals surface area contributed by atoms with Crippen molar-refractivity contribution in [3.63, 3.8) is 0 Å². The van der Waals surface area contributed by atoms with Gasteiger partial charge in [0.1, 0.15) is 5.75 Å². The molecular weight excluding hydrogens is 627 g/mol. The molecule has 3 aliphatic carbocycles. The van der Waals surface area contributed by atoms with Crippen LogP contribution in [0.1, 0.15) is 84.3 Å². The van der Waals surface area contributed by atoms with Crippen LogP contribution in [0.5, 0.6) is 5.75 Å². The first kappa shape index (κ1) is 30.6. The molecule has 9 rings (SSSR count). The van der Waals surface area contributed by atoms with Gasteiger partial charge in [-0.15, -0.1) is 0 Å². The number of fused-ring (bicyclic) bond motifs is 10. The lowest BCUT2D eigenvalue weighted by Gasteiger charge is -2.45. The van der Waals surface area contributed by atoms with E-state index in [-0.39, 0.29) is 35.9 Å². The molecule has 6 aliphatic rings. The number of aromatic nitrogens is 1. The monoisotopic (exact) mass is 671 g/mol. The molecule has 3 saturated carbocycles. The predicted octanol–water partition coefficient (Wildman–Crippen LogP) is 4.72. The number of carbonyl (C=O) groups excluding carboxylic acids is 2. The summed E-state index contributed by atoms with van der Waals surface area (Å²) in [6.07, 6.45) is 7.93. The van der Waals surface area contributed by atoms with Gasteiger partial charge < -0.3 is 19.1 Å². The molecule has 254 valence electrons. The standard InChI is InChI=1S/C37H45N5O5S/c1-39(2)48(45,46)38-36(43)21-10-14-26-28(16-21)42-34(29(26)20-8-6-5-7-9-20)25-15-13-24(47-4)17-27(25)30-31-32(30)35(42)33(31)37(44)41-22-11-12-23(41)19-40(3)18-22/h10,13-17,20,22-23,30-33,35H,5-9,11-12,18-19H2,1-4H3,(H,38,43). The summed E-state index contributed by atoms with van der Waals surface area (Å²) >= 11 is 0. The molecule has 48 heavy (non-hydrogen) atoms. The average molecular weight is 672 g/mol. The Labute approximate surface area is 282 Å². The van der Waals surface area contributed by atoms with Crippen LogP contribution in [-0.4, -0.2) is 92.3 Å². The SMILES string of the molecule is COc1ccc2c(c1)C1C3C(C(=O)N4C5CCC4CN(C)C5)C(C13)n1c-2c(C2CCCCC2)c2ccc(C(=O)NS(=O)(=O)N(C)C)cc21. The number of nitrogens with zero attached hydrogens (tertiary/aromatic N) is 4. The fourth-order valence-electron chi connectivity index (χ4n) is 10.6. The van der Waals surface area contributed by atoms with Crippen LogP contribution in [0.25, 0.3) is 22.2 Å². The van der Waals surface area contributed by atoms with Gasteiger partial charge in [0.2, 0.25) is 5.91 Å². The summed E-state index contributed by atoms with van der Waals surface area (Å²) in [4.78, 5) is 33.0. The van der Waals surface area contributed by atoms with Crippen molar-refractivity contribution in [3.05, 3.63) is 53.1 Å². The van der Waals surface area contributed by atoms with E-state index in [0.717, 1.165) is 59.7 Å². The molecule has 3 aromatic rings. The van der Waals surface area contributed by atoms with Gasteiger partial charge in [-0.05, 0) is 97.9 Å². The number of hydrogen-bond donors (Lipinski definition) is 1. The molecule has 1 aromatic heterocycles. The smallest absolute Gasteiger partial charge is 0.303 e. The van der Waals surface area contributed by atoms with Crippen molar-refractivity contribution in [3.8, 4) is 17.0 Å². The van der Waals surface area contributed by atoms with Crippen LogP contribution >= 0.6 is 0 Å². The third-order valence-corrected chi connectivity index (χ3v) is 14.1. The van der Waals surface area contributed by atoms with Gasteiger partial charge in [-0.1, -0.05) is 25.3 Å². The number of likely N-dealkylation sites (tertiary alicyclic amines) is 1. The Balaban J connectivity index is 1.24. The van der Waals surface area contributed by atoms with Crippen molar-refractivity contribution in [2.75, 3.05) is 41.3 Å². The Morgan fingerprint density at radius 2 is 1.67 bits per heavy atom. The normalized spacial score (nSPS) is 30.7. The highest BCUT2D eigenvalue weighted by Crippen LogP contribution is 2.78. The van der Waals surface area contributed by atoms with E-state index in [4.69, 9.17) is 4.74 Å². The van der Waals surface area contributed by atoms with Crippen LogP contribution in [0.3, 0.4) is 0 Å². The lowest BCUT2D eigenvalue weighted by molar-refractivity contribution is -0.147. The molecular formula is C37H45N5O5S.